The van der Waals surface area contributed by atoms with Gasteiger partial charge in [0.15, 0.2) is 0 Å². The minimum absolute atomic E-state index is 0.390. The number of hydrazine groups is 1. The Bertz CT molecular complexity index is 110. The van der Waals surface area contributed by atoms with Crippen molar-refractivity contribution in [2.75, 3.05) is 26.7 Å². The van der Waals surface area contributed by atoms with Gasteiger partial charge in [0.05, 0.1) is 18.3 Å². The lowest BCUT2D eigenvalue weighted by Crippen LogP contribution is -2.48. The third-order valence-electron chi connectivity index (χ3n) is 1.42. The molecule has 0 atom stereocenters. The lowest BCUT2D eigenvalue weighted by Gasteiger charge is -2.27. The molecule has 1 fully saturated rings. The standard InChI is InChI=1S/C6H15N3OS/c1-3-8-9(2)11-10-6-4-7-5-6/h6-8H,3-5H2,1-2H3. The maximum atomic E-state index is 5.41. The van der Waals surface area contributed by atoms with Crippen molar-refractivity contribution < 1.29 is 4.18 Å². The summed E-state index contributed by atoms with van der Waals surface area (Å²) in [5, 5.41) is 3.14. The summed E-state index contributed by atoms with van der Waals surface area (Å²) in [6.07, 6.45) is 0.390. The van der Waals surface area contributed by atoms with Crippen LogP contribution in [0, 0.1) is 0 Å². The van der Waals surface area contributed by atoms with Crippen LogP contribution < -0.4 is 10.7 Å². The number of nitrogens with zero attached hydrogens (tertiary/aromatic N) is 1. The molecule has 4 nitrogen and oxygen atoms in total. The van der Waals surface area contributed by atoms with Crippen LogP contribution in [0.2, 0.25) is 0 Å². The summed E-state index contributed by atoms with van der Waals surface area (Å²) in [5.41, 5.74) is 3.10. The molecular formula is C6H15N3OS. The Morgan fingerprint density at radius 1 is 1.73 bits per heavy atom. The molecule has 0 aromatic heterocycles. The first-order chi connectivity index (χ1) is 5.33. The van der Waals surface area contributed by atoms with Crippen molar-refractivity contribution in [2.24, 2.45) is 0 Å². The Hall–Kier alpha value is 0.190. The molecule has 66 valence electrons. The van der Waals surface area contributed by atoms with Gasteiger partial charge in [-0.15, -0.1) is 0 Å². The molecule has 11 heavy (non-hydrogen) atoms. The van der Waals surface area contributed by atoms with Crippen LogP contribution in [0.4, 0.5) is 0 Å². The van der Waals surface area contributed by atoms with Crippen LogP contribution in [-0.4, -0.2) is 37.2 Å². The molecular weight excluding hydrogens is 162 g/mol. The molecule has 0 bridgehead atoms. The van der Waals surface area contributed by atoms with Crippen molar-refractivity contribution in [3.8, 4) is 0 Å². The summed E-state index contributed by atoms with van der Waals surface area (Å²) in [7, 11) is 1.94. The van der Waals surface area contributed by atoms with Gasteiger partial charge in [-0.25, -0.2) is 5.43 Å². The van der Waals surface area contributed by atoms with Crippen LogP contribution in [-0.2, 0) is 4.18 Å². The summed E-state index contributed by atoms with van der Waals surface area (Å²) in [6.45, 7) is 4.94. The van der Waals surface area contributed by atoms with Crippen LogP contribution in [0.3, 0.4) is 0 Å². The van der Waals surface area contributed by atoms with E-state index in [1.54, 1.807) is 0 Å². The Morgan fingerprint density at radius 3 is 2.91 bits per heavy atom. The maximum Gasteiger partial charge on any atom is 0.0985 e. The van der Waals surface area contributed by atoms with Crippen molar-refractivity contribution in [3.63, 3.8) is 0 Å². The summed E-state index contributed by atoms with van der Waals surface area (Å²) < 4.78 is 7.28. The highest BCUT2D eigenvalue weighted by molar-refractivity contribution is 7.92. The average Bonchev–Trinajstić information content (AvgIpc) is 1.85. The van der Waals surface area contributed by atoms with Crippen LogP contribution in [0.5, 0.6) is 0 Å². The fourth-order valence-corrected chi connectivity index (χ4v) is 1.27. The van der Waals surface area contributed by atoms with Crippen molar-refractivity contribution in [2.45, 2.75) is 13.0 Å². The molecule has 0 aromatic rings. The molecule has 0 unspecified atom stereocenters. The fraction of sp³-hybridized carbons (Fsp3) is 1.00. The van der Waals surface area contributed by atoms with E-state index in [4.69, 9.17) is 4.18 Å². The second-order valence-corrected chi connectivity index (χ2v) is 3.35. The normalized spacial score (nSPS) is 18.8. The molecule has 0 saturated carbocycles. The Kier molecular flexibility index (Phi) is 4.17. The van der Waals surface area contributed by atoms with E-state index < -0.39 is 0 Å². The van der Waals surface area contributed by atoms with Crippen LogP contribution in [0.25, 0.3) is 0 Å². The smallest absolute Gasteiger partial charge is 0.0985 e. The van der Waals surface area contributed by atoms with E-state index in [0.717, 1.165) is 19.6 Å². The number of hydrogen-bond acceptors (Lipinski definition) is 5. The number of hydrogen-bond donors (Lipinski definition) is 2. The van der Waals surface area contributed by atoms with Gasteiger partial charge in [0.25, 0.3) is 0 Å². The number of nitrogens with one attached hydrogen (secondary N) is 2. The molecule has 1 heterocycles. The van der Waals surface area contributed by atoms with Gasteiger partial charge in [0.1, 0.15) is 0 Å². The van der Waals surface area contributed by atoms with Gasteiger partial charge in [0, 0.05) is 26.7 Å². The zero-order valence-electron chi connectivity index (χ0n) is 6.96. The number of rotatable bonds is 5. The van der Waals surface area contributed by atoms with Gasteiger partial charge in [-0.1, -0.05) is 6.92 Å². The van der Waals surface area contributed by atoms with Crippen LogP contribution in [0.15, 0.2) is 0 Å². The summed E-state index contributed by atoms with van der Waals surface area (Å²) in [5.74, 6) is 0. The van der Waals surface area contributed by atoms with Crippen molar-refractivity contribution >= 4 is 12.2 Å². The van der Waals surface area contributed by atoms with E-state index >= 15 is 0 Å². The van der Waals surface area contributed by atoms with E-state index in [0.29, 0.717) is 6.10 Å². The van der Waals surface area contributed by atoms with Crippen molar-refractivity contribution in [1.29, 1.82) is 0 Å². The molecule has 5 heteroatoms. The highest BCUT2D eigenvalue weighted by atomic mass is 32.2. The molecule has 2 N–H and O–H groups in total. The first-order valence-corrected chi connectivity index (χ1v) is 4.54. The predicted octanol–water partition coefficient (Wildman–Crippen LogP) is -0.00570. The molecule has 1 rings (SSSR count). The minimum Gasteiger partial charge on any atom is -0.311 e. The van der Waals surface area contributed by atoms with E-state index in [1.165, 1.54) is 12.2 Å². The Morgan fingerprint density at radius 2 is 2.45 bits per heavy atom. The highest BCUT2D eigenvalue weighted by Gasteiger charge is 2.18. The maximum absolute atomic E-state index is 5.41. The quantitative estimate of drug-likeness (QED) is 0.351. The molecule has 0 aliphatic carbocycles. The molecule has 0 aromatic carbocycles. The largest absolute Gasteiger partial charge is 0.311 e. The third kappa shape index (κ3) is 3.39. The van der Waals surface area contributed by atoms with Crippen molar-refractivity contribution in [1.82, 2.24) is 15.2 Å². The lowest BCUT2D eigenvalue weighted by molar-refractivity contribution is 0.160. The van der Waals surface area contributed by atoms with Gasteiger partial charge in [0.2, 0.25) is 0 Å². The minimum atomic E-state index is 0.390. The van der Waals surface area contributed by atoms with Crippen LogP contribution >= 0.6 is 12.2 Å². The zero-order chi connectivity index (χ0) is 8.10. The fourth-order valence-electron chi connectivity index (χ4n) is 0.705. The molecule has 1 aliphatic heterocycles. The van der Waals surface area contributed by atoms with Gasteiger partial charge in [-0.3, -0.25) is 4.18 Å². The Balaban J connectivity index is 1.92. The Labute approximate surface area is 72.0 Å². The molecule has 0 spiro atoms. The van der Waals surface area contributed by atoms with Gasteiger partial charge in [-0.2, -0.15) is 4.41 Å². The highest BCUT2D eigenvalue weighted by Crippen LogP contribution is 2.11. The molecule has 0 radical (unpaired) electrons. The zero-order valence-corrected chi connectivity index (χ0v) is 7.78. The van der Waals surface area contributed by atoms with E-state index in [-0.39, 0.29) is 0 Å². The molecule has 0 amide bonds. The SMILES string of the molecule is CCNN(C)SOC1CNC1. The third-order valence-corrected chi connectivity index (χ3v) is 2.13. The topological polar surface area (TPSA) is 36.5 Å². The monoisotopic (exact) mass is 177 g/mol. The summed E-state index contributed by atoms with van der Waals surface area (Å²) >= 11 is 1.37. The second kappa shape index (κ2) is 4.95. The summed E-state index contributed by atoms with van der Waals surface area (Å²) in [6, 6.07) is 0. The predicted molar refractivity (Wildman–Crippen MR) is 46.8 cm³/mol. The van der Waals surface area contributed by atoms with E-state index in [2.05, 4.69) is 17.7 Å². The van der Waals surface area contributed by atoms with Gasteiger partial charge < -0.3 is 5.32 Å². The molecule has 1 saturated heterocycles. The first kappa shape index (κ1) is 9.28. The van der Waals surface area contributed by atoms with Crippen LogP contribution in [0.1, 0.15) is 6.92 Å². The van der Waals surface area contributed by atoms with Crippen molar-refractivity contribution in [3.05, 3.63) is 0 Å². The van der Waals surface area contributed by atoms with Gasteiger partial charge in [-0.05, 0) is 0 Å². The first-order valence-electron chi connectivity index (χ1n) is 3.84. The summed E-state index contributed by atoms with van der Waals surface area (Å²) in [4.78, 5) is 0. The molecule has 1 aliphatic rings. The second-order valence-electron chi connectivity index (χ2n) is 2.46. The van der Waals surface area contributed by atoms with Gasteiger partial charge >= 0.3 is 0 Å². The lowest BCUT2D eigenvalue weighted by atomic mass is 10.2. The average molecular weight is 177 g/mol. The van der Waals surface area contributed by atoms with E-state index in [1.807, 2.05) is 11.5 Å². The van der Waals surface area contributed by atoms with E-state index in [9.17, 15) is 0 Å².